The Morgan fingerprint density at radius 1 is 1.32 bits per heavy atom. The highest BCUT2D eigenvalue weighted by Crippen LogP contribution is 2.15. The number of aryl methyl sites for hydroxylation is 2. The third-order valence-corrected chi connectivity index (χ3v) is 3.15. The molecule has 0 saturated heterocycles. The Balaban J connectivity index is 2.35. The van der Waals surface area contributed by atoms with Gasteiger partial charge in [0.2, 0.25) is 5.43 Å². The third kappa shape index (κ3) is 3.72. The maximum atomic E-state index is 11.9. The standard InChI is InChI=1S/C16H18N2O4/c1-3-22-13-6-4-12(5-7-13)18-11(2)10-15(19)14(17-18)8-9-16(20)21/h4-7,10H,3,8-9H2,1-2H3,(H,20,21). The fourth-order valence-electron chi connectivity index (χ4n) is 2.09. The molecular weight excluding hydrogens is 284 g/mol. The van der Waals surface area contributed by atoms with Crippen LogP contribution in [-0.4, -0.2) is 27.5 Å². The van der Waals surface area contributed by atoms with Gasteiger partial charge in [-0.25, -0.2) is 4.68 Å². The molecule has 0 fully saturated rings. The quantitative estimate of drug-likeness (QED) is 0.882. The summed E-state index contributed by atoms with van der Waals surface area (Å²) in [4.78, 5) is 22.5. The van der Waals surface area contributed by atoms with Crippen LogP contribution in [0.1, 0.15) is 24.7 Å². The molecule has 6 heteroatoms. The smallest absolute Gasteiger partial charge is 0.303 e. The van der Waals surface area contributed by atoms with Crippen LogP contribution in [-0.2, 0) is 11.2 Å². The molecule has 0 atom stereocenters. The van der Waals surface area contributed by atoms with Gasteiger partial charge in [0.25, 0.3) is 0 Å². The van der Waals surface area contributed by atoms with Crippen LogP contribution in [0.15, 0.2) is 35.1 Å². The molecule has 2 aromatic rings. The summed E-state index contributed by atoms with van der Waals surface area (Å²) in [6.45, 7) is 4.29. The Morgan fingerprint density at radius 3 is 2.59 bits per heavy atom. The van der Waals surface area contributed by atoms with Crippen molar-refractivity contribution in [2.24, 2.45) is 0 Å². The maximum Gasteiger partial charge on any atom is 0.303 e. The Bertz CT molecular complexity index is 720. The molecule has 1 aromatic carbocycles. The molecule has 116 valence electrons. The van der Waals surface area contributed by atoms with Crippen LogP contribution >= 0.6 is 0 Å². The second-order valence-electron chi connectivity index (χ2n) is 4.83. The van der Waals surface area contributed by atoms with Crippen molar-refractivity contribution >= 4 is 5.97 Å². The van der Waals surface area contributed by atoms with Crippen molar-refractivity contribution in [3.05, 3.63) is 51.9 Å². The molecule has 0 spiro atoms. The summed E-state index contributed by atoms with van der Waals surface area (Å²) in [5.41, 5.74) is 1.49. The van der Waals surface area contributed by atoms with Gasteiger partial charge in [-0.15, -0.1) is 0 Å². The van der Waals surface area contributed by atoms with Crippen LogP contribution in [0.3, 0.4) is 0 Å². The molecule has 0 aliphatic heterocycles. The van der Waals surface area contributed by atoms with Crippen molar-refractivity contribution in [2.45, 2.75) is 26.7 Å². The Labute approximate surface area is 128 Å². The van der Waals surface area contributed by atoms with Crippen molar-refractivity contribution in [1.82, 2.24) is 9.78 Å². The second-order valence-corrected chi connectivity index (χ2v) is 4.83. The Morgan fingerprint density at radius 2 is 2.00 bits per heavy atom. The molecule has 1 heterocycles. The van der Waals surface area contributed by atoms with E-state index in [1.54, 1.807) is 11.6 Å². The summed E-state index contributed by atoms with van der Waals surface area (Å²) in [5.74, 6) is -0.189. The number of ether oxygens (including phenoxy) is 1. The zero-order chi connectivity index (χ0) is 16.1. The van der Waals surface area contributed by atoms with Crippen LogP contribution in [0.2, 0.25) is 0 Å². The number of hydrogen-bond donors (Lipinski definition) is 1. The summed E-state index contributed by atoms with van der Waals surface area (Å²) in [7, 11) is 0. The van der Waals surface area contributed by atoms with Gasteiger partial charge in [-0.3, -0.25) is 9.59 Å². The lowest BCUT2D eigenvalue weighted by Gasteiger charge is -2.12. The first-order chi connectivity index (χ1) is 10.5. The normalized spacial score (nSPS) is 10.5. The fourth-order valence-corrected chi connectivity index (χ4v) is 2.09. The summed E-state index contributed by atoms with van der Waals surface area (Å²) in [6.07, 6.45) is 0.0000544. The van der Waals surface area contributed by atoms with E-state index in [1.165, 1.54) is 6.07 Å². The van der Waals surface area contributed by atoms with Crippen molar-refractivity contribution in [2.75, 3.05) is 6.61 Å². The number of carboxylic acid groups (broad SMARTS) is 1. The maximum absolute atomic E-state index is 11.9. The minimum Gasteiger partial charge on any atom is -0.494 e. The van der Waals surface area contributed by atoms with Crippen LogP contribution in [0.5, 0.6) is 5.75 Å². The number of carboxylic acids is 1. The highest BCUT2D eigenvalue weighted by atomic mass is 16.5. The van der Waals surface area contributed by atoms with Gasteiger partial charge in [0.1, 0.15) is 11.4 Å². The monoisotopic (exact) mass is 302 g/mol. The summed E-state index contributed by atoms with van der Waals surface area (Å²) < 4.78 is 7.02. The summed E-state index contributed by atoms with van der Waals surface area (Å²) >= 11 is 0. The topological polar surface area (TPSA) is 81.4 Å². The largest absolute Gasteiger partial charge is 0.494 e. The highest BCUT2D eigenvalue weighted by molar-refractivity contribution is 5.66. The molecule has 2 rings (SSSR count). The molecule has 22 heavy (non-hydrogen) atoms. The highest BCUT2D eigenvalue weighted by Gasteiger charge is 2.09. The molecule has 0 amide bonds. The molecular formula is C16H18N2O4. The fraction of sp³-hybridized carbons (Fsp3) is 0.312. The van der Waals surface area contributed by atoms with Gasteiger partial charge in [0.05, 0.1) is 18.7 Å². The number of rotatable bonds is 6. The Kier molecular flexibility index (Phi) is 4.93. The average molecular weight is 302 g/mol. The molecule has 0 saturated carbocycles. The van der Waals surface area contributed by atoms with Gasteiger partial charge in [0, 0.05) is 18.2 Å². The van der Waals surface area contributed by atoms with E-state index >= 15 is 0 Å². The van der Waals surface area contributed by atoms with Gasteiger partial charge in [-0.2, -0.15) is 5.10 Å². The van der Waals surface area contributed by atoms with E-state index in [2.05, 4.69) is 5.10 Å². The van der Waals surface area contributed by atoms with E-state index in [-0.39, 0.29) is 24.0 Å². The third-order valence-electron chi connectivity index (χ3n) is 3.15. The van der Waals surface area contributed by atoms with E-state index in [9.17, 15) is 9.59 Å². The van der Waals surface area contributed by atoms with Crippen molar-refractivity contribution in [3.63, 3.8) is 0 Å². The molecule has 0 bridgehead atoms. The number of aliphatic carboxylic acids is 1. The summed E-state index contributed by atoms with van der Waals surface area (Å²) in [6, 6.07) is 8.82. The average Bonchev–Trinajstić information content (AvgIpc) is 2.47. The van der Waals surface area contributed by atoms with Crippen LogP contribution in [0.25, 0.3) is 5.69 Å². The van der Waals surface area contributed by atoms with Gasteiger partial charge in [0.15, 0.2) is 0 Å². The van der Waals surface area contributed by atoms with Crippen molar-refractivity contribution < 1.29 is 14.6 Å². The molecule has 6 nitrogen and oxygen atoms in total. The molecule has 1 aromatic heterocycles. The molecule has 0 radical (unpaired) electrons. The van der Waals surface area contributed by atoms with E-state index in [0.29, 0.717) is 12.3 Å². The lowest BCUT2D eigenvalue weighted by Crippen LogP contribution is -2.19. The van der Waals surface area contributed by atoms with E-state index in [0.717, 1.165) is 11.4 Å². The van der Waals surface area contributed by atoms with E-state index in [1.807, 2.05) is 31.2 Å². The lowest BCUT2D eigenvalue weighted by molar-refractivity contribution is -0.136. The first-order valence-corrected chi connectivity index (χ1v) is 7.06. The number of benzene rings is 1. The SMILES string of the molecule is CCOc1ccc(-n2nc(CCC(=O)O)c(=O)cc2C)cc1. The van der Waals surface area contributed by atoms with Crippen molar-refractivity contribution in [3.8, 4) is 11.4 Å². The van der Waals surface area contributed by atoms with E-state index < -0.39 is 5.97 Å². The number of carbonyl (C=O) groups is 1. The molecule has 0 aliphatic rings. The van der Waals surface area contributed by atoms with Crippen molar-refractivity contribution in [1.29, 1.82) is 0 Å². The second kappa shape index (κ2) is 6.89. The number of aromatic nitrogens is 2. The lowest BCUT2D eigenvalue weighted by atomic mass is 10.2. The molecule has 1 N–H and O–H groups in total. The van der Waals surface area contributed by atoms with Crippen LogP contribution in [0, 0.1) is 6.92 Å². The van der Waals surface area contributed by atoms with Gasteiger partial charge < -0.3 is 9.84 Å². The number of hydrogen-bond acceptors (Lipinski definition) is 4. The first kappa shape index (κ1) is 15.8. The van der Waals surface area contributed by atoms with E-state index in [4.69, 9.17) is 9.84 Å². The van der Waals surface area contributed by atoms with Crippen LogP contribution < -0.4 is 10.2 Å². The minimum absolute atomic E-state index is 0.116. The minimum atomic E-state index is -0.950. The van der Waals surface area contributed by atoms with Gasteiger partial charge in [-0.05, 0) is 38.1 Å². The van der Waals surface area contributed by atoms with Gasteiger partial charge in [-0.1, -0.05) is 0 Å². The Hall–Kier alpha value is -2.63. The predicted molar refractivity (Wildman–Crippen MR) is 81.7 cm³/mol. The zero-order valence-electron chi connectivity index (χ0n) is 12.6. The predicted octanol–water partition coefficient (Wildman–Crippen LogP) is 1.96. The molecule has 0 unspecified atom stereocenters. The van der Waals surface area contributed by atoms with Crippen LogP contribution in [0.4, 0.5) is 0 Å². The molecule has 0 aliphatic carbocycles. The zero-order valence-corrected chi connectivity index (χ0v) is 12.6. The first-order valence-electron chi connectivity index (χ1n) is 7.06. The van der Waals surface area contributed by atoms with Gasteiger partial charge >= 0.3 is 5.97 Å². The number of nitrogens with zero attached hydrogens (tertiary/aromatic N) is 2. The summed E-state index contributed by atoms with van der Waals surface area (Å²) in [5, 5.41) is 13.0.